The molecule has 5 rings (SSSR count). The zero-order valence-electron chi connectivity index (χ0n) is 25.1. The van der Waals surface area contributed by atoms with Crippen molar-refractivity contribution >= 4 is 23.7 Å². The number of fused-ring (bicyclic) bond motifs is 1. The molecule has 12 heteroatoms. The van der Waals surface area contributed by atoms with Crippen molar-refractivity contribution in [1.29, 1.82) is 0 Å². The van der Waals surface area contributed by atoms with Crippen LogP contribution in [0.25, 0.3) is 5.69 Å². The van der Waals surface area contributed by atoms with Gasteiger partial charge in [-0.05, 0) is 57.5 Å². The molecule has 0 radical (unpaired) electrons. The van der Waals surface area contributed by atoms with E-state index in [-0.39, 0.29) is 23.4 Å². The van der Waals surface area contributed by atoms with Crippen LogP contribution in [0.5, 0.6) is 11.5 Å². The Hall–Kier alpha value is -4.58. The first-order chi connectivity index (χ1) is 20.5. The predicted molar refractivity (Wildman–Crippen MR) is 159 cm³/mol. The molecule has 0 saturated carbocycles. The van der Waals surface area contributed by atoms with Crippen LogP contribution in [0.4, 0.5) is 10.5 Å². The summed E-state index contributed by atoms with van der Waals surface area (Å²) >= 11 is 0. The van der Waals surface area contributed by atoms with E-state index >= 15 is 0 Å². The van der Waals surface area contributed by atoms with Gasteiger partial charge < -0.3 is 29.1 Å². The molecule has 2 amide bonds. The van der Waals surface area contributed by atoms with Crippen LogP contribution >= 0.6 is 0 Å². The lowest BCUT2D eigenvalue weighted by Crippen LogP contribution is -2.49. The number of hydrogen-bond donors (Lipinski definition) is 1. The van der Waals surface area contributed by atoms with Crippen molar-refractivity contribution < 1.29 is 33.7 Å². The second-order valence-corrected chi connectivity index (χ2v) is 11.5. The number of benzene rings is 2. The standard InChI is InChI=1S/C31H37N5O7/c1-31(2,3)43-30(40)34-16-14-33(15-17-34)19-20-6-7-22(18-25(20)42-5)35-13-12-24-26(29(38)39)32-36(27(24)28(35)37)21-8-10-23(41-4)11-9-21/h6-11,18H,12-17,19H2,1-5H3,(H,38,39). The summed E-state index contributed by atoms with van der Waals surface area (Å²) in [5.74, 6) is -0.248. The molecule has 3 heterocycles. The summed E-state index contributed by atoms with van der Waals surface area (Å²) in [7, 11) is 3.15. The van der Waals surface area contributed by atoms with Gasteiger partial charge in [0.15, 0.2) is 5.69 Å². The molecule has 0 aliphatic carbocycles. The molecule has 12 nitrogen and oxygen atoms in total. The third-order valence-corrected chi connectivity index (χ3v) is 7.54. The van der Waals surface area contributed by atoms with Gasteiger partial charge in [-0.25, -0.2) is 14.3 Å². The molecule has 43 heavy (non-hydrogen) atoms. The highest BCUT2D eigenvalue weighted by Crippen LogP contribution is 2.33. The summed E-state index contributed by atoms with van der Waals surface area (Å²) in [5.41, 5.74) is 2.13. The van der Waals surface area contributed by atoms with Crippen LogP contribution in [0.2, 0.25) is 0 Å². The summed E-state index contributed by atoms with van der Waals surface area (Å²) in [4.78, 5) is 43.9. The number of amides is 2. The van der Waals surface area contributed by atoms with Crippen LogP contribution in [0.1, 0.15) is 52.9 Å². The fourth-order valence-electron chi connectivity index (χ4n) is 5.38. The van der Waals surface area contributed by atoms with Gasteiger partial charge in [-0.3, -0.25) is 9.69 Å². The normalized spacial score (nSPS) is 15.7. The lowest BCUT2D eigenvalue weighted by atomic mass is 10.0. The largest absolute Gasteiger partial charge is 0.497 e. The molecule has 2 aliphatic rings. The van der Waals surface area contributed by atoms with Gasteiger partial charge in [0.25, 0.3) is 5.91 Å². The van der Waals surface area contributed by atoms with Gasteiger partial charge in [-0.1, -0.05) is 6.07 Å². The van der Waals surface area contributed by atoms with E-state index in [2.05, 4.69) is 10.00 Å². The average Bonchev–Trinajstić information content (AvgIpc) is 3.38. The van der Waals surface area contributed by atoms with Crippen LogP contribution in [-0.2, 0) is 17.7 Å². The number of aromatic nitrogens is 2. The van der Waals surface area contributed by atoms with E-state index in [4.69, 9.17) is 14.2 Å². The highest BCUT2D eigenvalue weighted by Gasteiger charge is 2.35. The van der Waals surface area contributed by atoms with E-state index in [1.807, 2.05) is 39.0 Å². The highest BCUT2D eigenvalue weighted by molar-refractivity contribution is 6.09. The zero-order chi connectivity index (χ0) is 30.9. The molecule has 1 aromatic heterocycles. The minimum absolute atomic E-state index is 0.126. The number of carboxylic acid groups (broad SMARTS) is 1. The number of piperazine rings is 1. The smallest absolute Gasteiger partial charge is 0.410 e. The van der Waals surface area contributed by atoms with Crippen LogP contribution in [-0.4, -0.2) is 95.2 Å². The van der Waals surface area contributed by atoms with Crippen molar-refractivity contribution in [3.8, 4) is 17.2 Å². The van der Waals surface area contributed by atoms with Gasteiger partial charge in [0, 0.05) is 62.1 Å². The molecule has 0 bridgehead atoms. The number of rotatable bonds is 7. The molecule has 3 aromatic rings. The Morgan fingerprint density at radius 2 is 1.60 bits per heavy atom. The zero-order valence-corrected chi connectivity index (χ0v) is 25.1. The number of hydrogen-bond acceptors (Lipinski definition) is 8. The van der Waals surface area contributed by atoms with Gasteiger partial charge in [0.1, 0.15) is 22.8 Å². The number of methoxy groups -OCH3 is 2. The SMILES string of the molecule is COc1ccc(-n2nc(C(=O)O)c3c2C(=O)N(c2ccc(CN4CCN(C(=O)OC(C)(C)C)CC4)c(OC)c2)CC3)cc1. The van der Waals surface area contributed by atoms with Gasteiger partial charge in [-0.15, -0.1) is 0 Å². The third kappa shape index (κ3) is 6.29. The summed E-state index contributed by atoms with van der Waals surface area (Å²) in [6.07, 6.45) is 0.0393. The van der Waals surface area contributed by atoms with Gasteiger partial charge in [-0.2, -0.15) is 5.10 Å². The third-order valence-electron chi connectivity index (χ3n) is 7.54. The Labute approximate surface area is 250 Å². The number of aromatic carboxylic acids is 1. The fourth-order valence-corrected chi connectivity index (χ4v) is 5.38. The van der Waals surface area contributed by atoms with E-state index in [9.17, 15) is 19.5 Å². The molecule has 0 atom stereocenters. The van der Waals surface area contributed by atoms with Gasteiger partial charge >= 0.3 is 12.1 Å². The number of nitrogens with zero attached hydrogens (tertiary/aromatic N) is 5. The van der Waals surface area contributed by atoms with Crippen molar-refractivity contribution in [3.63, 3.8) is 0 Å². The molecule has 0 spiro atoms. The fraction of sp³-hybridized carbons (Fsp3) is 0.419. The second-order valence-electron chi connectivity index (χ2n) is 11.5. The number of carbonyl (C=O) groups excluding carboxylic acids is 2. The number of carboxylic acids is 1. The first-order valence-electron chi connectivity index (χ1n) is 14.2. The summed E-state index contributed by atoms with van der Waals surface area (Å²) < 4.78 is 17.9. The van der Waals surface area contributed by atoms with Crippen LogP contribution in [0.3, 0.4) is 0 Å². The first-order valence-corrected chi connectivity index (χ1v) is 14.2. The number of carbonyl (C=O) groups is 3. The summed E-state index contributed by atoms with van der Waals surface area (Å²) in [6.45, 7) is 9.02. The Kier molecular flexibility index (Phi) is 8.32. The minimum Gasteiger partial charge on any atom is -0.497 e. The average molecular weight is 592 g/mol. The summed E-state index contributed by atoms with van der Waals surface area (Å²) in [5, 5.41) is 14.1. The summed E-state index contributed by atoms with van der Waals surface area (Å²) in [6, 6.07) is 12.6. The van der Waals surface area contributed by atoms with E-state index < -0.39 is 11.6 Å². The molecular formula is C31H37N5O7. The Balaban J connectivity index is 1.34. The minimum atomic E-state index is -1.18. The van der Waals surface area contributed by atoms with Gasteiger partial charge in [0.2, 0.25) is 0 Å². The highest BCUT2D eigenvalue weighted by atomic mass is 16.6. The van der Waals surface area contributed by atoms with E-state index in [0.29, 0.717) is 74.1 Å². The molecule has 0 unspecified atom stereocenters. The van der Waals surface area contributed by atoms with Crippen LogP contribution in [0.15, 0.2) is 42.5 Å². The molecule has 1 N–H and O–H groups in total. The molecular weight excluding hydrogens is 554 g/mol. The molecule has 228 valence electrons. The number of anilines is 1. The van der Waals surface area contributed by atoms with Crippen molar-refractivity contribution in [2.45, 2.75) is 39.3 Å². The maximum absolute atomic E-state index is 13.9. The molecule has 2 aromatic carbocycles. The number of ether oxygens (including phenoxy) is 3. The molecule has 1 fully saturated rings. The van der Waals surface area contributed by atoms with Gasteiger partial charge in [0.05, 0.1) is 19.9 Å². The Morgan fingerprint density at radius 3 is 2.21 bits per heavy atom. The quantitative estimate of drug-likeness (QED) is 0.436. The Bertz CT molecular complexity index is 1520. The van der Waals surface area contributed by atoms with Crippen molar-refractivity contribution in [1.82, 2.24) is 19.6 Å². The van der Waals surface area contributed by atoms with Crippen LogP contribution in [0, 0.1) is 0 Å². The Morgan fingerprint density at radius 1 is 0.930 bits per heavy atom. The topological polar surface area (TPSA) is 127 Å². The first kappa shape index (κ1) is 29.9. The lowest BCUT2D eigenvalue weighted by Gasteiger charge is -2.35. The molecule has 2 aliphatic heterocycles. The van der Waals surface area contributed by atoms with E-state index in [0.717, 1.165) is 5.56 Å². The van der Waals surface area contributed by atoms with Crippen molar-refractivity contribution in [3.05, 3.63) is 65.0 Å². The van der Waals surface area contributed by atoms with E-state index in [1.54, 1.807) is 48.3 Å². The molecule has 1 saturated heterocycles. The predicted octanol–water partition coefficient (Wildman–Crippen LogP) is 3.84. The maximum atomic E-state index is 13.9. The van der Waals surface area contributed by atoms with E-state index in [1.165, 1.54) is 4.68 Å². The lowest BCUT2D eigenvalue weighted by molar-refractivity contribution is 0.0138. The second kappa shape index (κ2) is 12.0. The van der Waals surface area contributed by atoms with Crippen molar-refractivity contribution in [2.75, 3.05) is 51.8 Å². The maximum Gasteiger partial charge on any atom is 0.410 e. The van der Waals surface area contributed by atoms with Crippen LogP contribution < -0.4 is 14.4 Å². The van der Waals surface area contributed by atoms with Crippen molar-refractivity contribution in [2.24, 2.45) is 0 Å². The monoisotopic (exact) mass is 591 g/mol.